The van der Waals surface area contributed by atoms with Gasteiger partial charge in [0.25, 0.3) is 5.91 Å². The van der Waals surface area contributed by atoms with Gasteiger partial charge in [0.2, 0.25) is 0 Å². The van der Waals surface area contributed by atoms with E-state index >= 15 is 0 Å². The van der Waals surface area contributed by atoms with Crippen molar-refractivity contribution < 1.29 is 9.90 Å². The molecule has 1 aromatic heterocycles. The number of aliphatic hydroxyl groups excluding tert-OH is 1. The number of carbonyl (C=O) groups is 1. The van der Waals surface area contributed by atoms with Crippen molar-refractivity contribution in [2.75, 3.05) is 51.3 Å². The van der Waals surface area contributed by atoms with Crippen molar-refractivity contribution in [3.8, 4) is 16.5 Å². The number of likely N-dealkylation sites (N-methyl/N-ethyl adjacent to an activating group) is 1. The minimum absolute atomic E-state index is 0.0118. The second kappa shape index (κ2) is 11.0. The normalized spacial score (nSPS) is 16.0. The van der Waals surface area contributed by atoms with Crippen LogP contribution in [0.3, 0.4) is 0 Å². The van der Waals surface area contributed by atoms with Crippen LogP contribution in [0.4, 0.5) is 5.69 Å². The van der Waals surface area contributed by atoms with Gasteiger partial charge in [0.05, 0.1) is 0 Å². The van der Waals surface area contributed by atoms with E-state index in [0.29, 0.717) is 12.1 Å². The van der Waals surface area contributed by atoms with Gasteiger partial charge in [-0.1, -0.05) is 25.1 Å². The molecule has 2 aromatic carbocycles. The molecule has 2 heterocycles. The van der Waals surface area contributed by atoms with Crippen LogP contribution >= 0.6 is 11.3 Å². The highest BCUT2D eigenvalue weighted by Crippen LogP contribution is 2.35. The summed E-state index contributed by atoms with van der Waals surface area (Å²) in [6.45, 7) is 8.24. The first-order chi connectivity index (χ1) is 16.9. The number of thiophene rings is 1. The Kier molecular flexibility index (Phi) is 7.86. The number of nitrogens with one attached hydrogen (secondary N) is 1. The highest BCUT2D eigenvalue weighted by molar-refractivity contribution is 7.16. The number of allylic oxidation sites excluding steroid dienone is 1. The fourth-order valence-electron chi connectivity index (χ4n) is 4.19. The topological polar surface area (TPSA) is 79.6 Å². The predicted octanol–water partition coefficient (Wildman–Crippen LogP) is 4.36. The lowest BCUT2D eigenvalue weighted by molar-refractivity contribution is -0.117. The smallest absolute Gasteiger partial charge is 0.262 e. The van der Waals surface area contributed by atoms with Crippen LogP contribution in [0.2, 0.25) is 0 Å². The quantitative estimate of drug-likeness (QED) is 0.382. The summed E-state index contributed by atoms with van der Waals surface area (Å²) in [5.41, 5.74) is 3.16. The number of rotatable bonds is 7. The van der Waals surface area contributed by atoms with Crippen LogP contribution in [-0.2, 0) is 4.79 Å². The second-order valence-electron chi connectivity index (χ2n) is 9.31. The van der Waals surface area contributed by atoms with Crippen molar-refractivity contribution in [1.29, 1.82) is 5.26 Å². The minimum Gasteiger partial charge on any atom is -0.396 e. The van der Waals surface area contributed by atoms with Crippen LogP contribution in [-0.4, -0.2) is 62.3 Å². The Bertz CT molecular complexity index is 1280. The molecular formula is C28H32N4O2S. The molecule has 3 aromatic rings. The van der Waals surface area contributed by atoms with E-state index in [1.807, 2.05) is 26.0 Å². The van der Waals surface area contributed by atoms with E-state index in [4.69, 9.17) is 5.11 Å². The Morgan fingerprint density at radius 1 is 1.11 bits per heavy atom. The van der Waals surface area contributed by atoms with E-state index in [0.717, 1.165) is 41.5 Å². The van der Waals surface area contributed by atoms with Gasteiger partial charge in [-0.25, -0.2) is 0 Å². The van der Waals surface area contributed by atoms with Gasteiger partial charge < -0.3 is 20.2 Å². The van der Waals surface area contributed by atoms with E-state index < -0.39 is 5.91 Å². The van der Waals surface area contributed by atoms with Gasteiger partial charge in [-0.2, -0.15) is 5.26 Å². The Balaban J connectivity index is 1.54. The largest absolute Gasteiger partial charge is 0.396 e. The molecule has 1 aliphatic heterocycles. The summed E-state index contributed by atoms with van der Waals surface area (Å²) in [5.74, 6) is -0.458. The maximum Gasteiger partial charge on any atom is 0.262 e. The molecule has 1 unspecified atom stereocenters. The third kappa shape index (κ3) is 5.73. The lowest BCUT2D eigenvalue weighted by Gasteiger charge is -2.34. The number of aliphatic hydroxyl groups is 1. The average Bonchev–Trinajstić information content (AvgIpc) is 3.38. The first-order valence-corrected chi connectivity index (χ1v) is 12.8. The molecule has 35 heavy (non-hydrogen) atoms. The number of benzene rings is 2. The lowest BCUT2D eigenvalue weighted by Crippen LogP contribution is -2.44. The SMILES string of the molecule is C/C(=C(/C#N)C(=O)NCC(C)CO)c1ccc(-c2ccc3cc(N4CCN(C)CC4)ccc3c2)s1. The Morgan fingerprint density at radius 3 is 2.54 bits per heavy atom. The molecule has 0 spiro atoms. The number of hydrogen-bond acceptors (Lipinski definition) is 6. The van der Waals surface area contributed by atoms with Crippen molar-refractivity contribution in [3.63, 3.8) is 0 Å². The third-order valence-electron chi connectivity index (χ3n) is 6.59. The van der Waals surface area contributed by atoms with E-state index in [-0.39, 0.29) is 18.1 Å². The van der Waals surface area contributed by atoms with Crippen molar-refractivity contribution in [2.45, 2.75) is 13.8 Å². The molecule has 6 nitrogen and oxygen atoms in total. The monoisotopic (exact) mass is 488 g/mol. The fraction of sp³-hybridized carbons (Fsp3) is 0.357. The predicted molar refractivity (Wildman–Crippen MR) is 144 cm³/mol. The van der Waals surface area contributed by atoms with Crippen LogP contribution in [0.1, 0.15) is 18.7 Å². The molecular weight excluding hydrogens is 456 g/mol. The van der Waals surface area contributed by atoms with Gasteiger partial charge in [-0.05, 0) is 72.1 Å². The number of hydrogen-bond donors (Lipinski definition) is 2. The second-order valence-corrected chi connectivity index (χ2v) is 10.4. The number of nitriles is 1. The van der Waals surface area contributed by atoms with Gasteiger partial charge in [0, 0.05) is 54.8 Å². The summed E-state index contributed by atoms with van der Waals surface area (Å²) >= 11 is 1.58. The zero-order chi connectivity index (χ0) is 24.9. The number of fused-ring (bicyclic) bond motifs is 1. The summed E-state index contributed by atoms with van der Waals surface area (Å²) in [4.78, 5) is 19.3. The fourth-order valence-corrected chi connectivity index (χ4v) is 5.20. The van der Waals surface area contributed by atoms with Gasteiger partial charge in [0.15, 0.2) is 0 Å². The number of carbonyl (C=O) groups excluding carboxylic acids is 1. The van der Waals surface area contributed by atoms with Crippen molar-refractivity contribution >= 4 is 39.3 Å². The average molecular weight is 489 g/mol. The van der Waals surface area contributed by atoms with Crippen molar-refractivity contribution in [1.82, 2.24) is 10.2 Å². The van der Waals surface area contributed by atoms with Crippen LogP contribution in [0.25, 0.3) is 26.8 Å². The molecule has 0 radical (unpaired) electrons. The molecule has 4 rings (SSSR count). The zero-order valence-corrected chi connectivity index (χ0v) is 21.4. The molecule has 1 amide bonds. The minimum atomic E-state index is -0.401. The first kappa shape index (κ1) is 24.9. The molecule has 182 valence electrons. The summed E-state index contributed by atoms with van der Waals surface area (Å²) in [5, 5.41) is 23.9. The van der Waals surface area contributed by atoms with Crippen LogP contribution in [0, 0.1) is 17.2 Å². The van der Waals surface area contributed by atoms with E-state index in [9.17, 15) is 10.1 Å². The summed E-state index contributed by atoms with van der Waals surface area (Å²) in [6, 6.07) is 19.2. The van der Waals surface area contributed by atoms with Gasteiger partial charge in [-0.3, -0.25) is 4.79 Å². The number of anilines is 1. The molecule has 0 bridgehead atoms. The summed E-state index contributed by atoms with van der Waals surface area (Å²) < 4.78 is 0. The van der Waals surface area contributed by atoms with E-state index in [2.05, 4.69) is 64.6 Å². The van der Waals surface area contributed by atoms with Crippen LogP contribution in [0.5, 0.6) is 0 Å². The van der Waals surface area contributed by atoms with Gasteiger partial charge in [-0.15, -0.1) is 11.3 Å². The summed E-state index contributed by atoms with van der Waals surface area (Å²) in [7, 11) is 2.17. The molecule has 1 atom stereocenters. The number of piperazine rings is 1. The highest BCUT2D eigenvalue weighted by atomic mass is 32.1. The highest BCUT2D eigenvalue weighted by Gasteiger charge is 2.17. The molecule has 1 fully saturated rings. The Morgan fingerprint density at radius 2 is 1.83 bits per heavy atom. The maximum absolute atomic E-state index is 12.5. The van der Waals surface area contributed by atoms with Crippen LogP contribution < -0.4 is 10.2 Å². The molecule has 0 aliphatic carbocycles. The maximum atomic E-state index is 12.5. The van der Waals surface area contributed by atoms with Crippen molar-refractivity contribution in [2.24, 2.45) is 5.92 Å². The third-order valence-corrected chi connectivity index (χ3v) is 7.84. The molecule has 1 aliphatic rings. The van der Waals surface area contributed by atoms with E-state index in [1.165, 1.54) is 16.5 Å². The molecule has 7 heteroatoms. The number of amides is 1. The lowest BCUT2D eigenvalue weighted by atomic mass is 10.0. The zero-order valence-electron chi connectivity index (χ0n) is 20.5. The van der Waals surface area contributed by atoms with Crippen LogP contribution in [0.15, 0.2) is 54.1 Å². The molecule has 2 N–H and O–H groups in total. The first-order valence-electron chi connectivity index (χ1n) is 12.0. The van der Waals surface area contributed by atoms with Gasteiger partial charge in [0.1, 0.15) is 11.6 Å². The number of nitrogens with zero attached hydrogens (tertiary/aromatic N) is 3. The Hall–Kier alpha value is -3.18. The summed E-state index contributed by atoms with van der Waals surface area (Å²) in [6.07, 6.45) is 0. The van der Waals surface area contributed by atoms with Gasteiger partial charge >= 0.3 is 0 Å². The van der Waals surface area contributed by atoms with E-state index in [1.54, 1.807) is 11.3 Å². The van der Waals surface area contributed by atoms with Crippen molar-refractivity contribution in [3.05, 3.63) is 59.0 Å². The standard InChI is InChI=1S/C28H32N4O2S/c1-19(18-33)17-30-28(34)25(16-29)20(2)26-8-9-27(35-26)23-5-4-22-15-24(7-6-21(22)14-23)32-12-10-31(3)11-13-32/h4-9,14-15,19,33H,10-13,17-18H2,1-3H3,(H,30,34)/b25-20+. The molecule has 1 saturated heterocycles. The molecule has 0 saturated carbocycles. The Labute approximate surface area is 211 Å².